The summed E-state index contributed by atoms with van der Waals surface area (Å²) < 4.78 is 0. The molecule has 0 bridgehead atoms. The third kappa shape index (κ3) is 2.22. The smallest absolute Gasteiger partial charge is 0.237 e. The number of piperidine rings is 1. The Hall–Kier alpha value is -1.06. The Bertz CT molecular complexity index is 203. The van der Waals surface area contributed by atoms with Crippen LogP contribution in [0.5, 0.6) is 0 Å². The SMILES string of the molecule is CC1CCN(CC(N)=O)C(=O)C1. The van der Waals surface area contributed by atoms with Gasteiger partial charge in [-0.2, -0.15) is 0 Å². The number of amides is 2. The van der Waals surface area contributed by atoms with Crippen molar-refractivity contribution in [2.45, 2.75) is 19.8 Å². The molecular weight excluding hydrogens is 156 g/mol. The summed E-state index contributed by atoms with van der Waals surface area (Å²) in [5.74, 6) is 0.0621. The van der Waals surface area contributed by atoms with Crippen LogP contribution in [0.1, 0.15) is 19.8 Å². The van der Waals surface area contributed by atoms with Gasteiger partial charge in [-0.1, -0.05) is 6.92 Å². The van der Waals surface area contributed by atoms with Gasteiger partial charge in [-0.15, -0.1) is 0 Å². The zero-order valence-corrected chi connectivity index (χ0v) is 7.25. The van der Waals surface area contributed by atoms with Crippen molar-refractivity contribution in [3.8, 4) is 0 Å². The Morgan fingerprint density at radius 1 is 1.75 bits per heavy atom. The first-order valence-electron chi connectivity index (χ1n) is 4.15. The maximum absolute atomic E-state index is 11.3. The van der Waals surface area contributed by atoms with Gasteiger partial charge in [0.2, 0.25) is 11.8 Å². The average molecular weight is 170 g/mol. The maximum Gasteiger partial charge on any atom is 0.237 e. The van der Waals surface area contributed by atoms with E-state index in [9.17, 15) is 9.59 Å². The predicted molar refractivity (Wildman–Crippen MR) is 44.2 cm³/mol. The molecule has 1 unspecified atom stereocenters. The van der Waals surface area contributed by atoms with Gasteiger partial charge in [0.05, 0.1) is 6.54 Å². The van der Waals surface area contributed by atoms with E-state index in [-0.39, 0.29) is 12.5 Å². The van der Waals surface area contributed by atoms with Gasteiger partial charge in [0.15, 0.2) is 0 Å². The summed E-state index contributed by atoms with van der Waals surface area (Å²) in [6.45, 7) is 2.79. The van der Waals surface area contributed by atoms with Gasteiger partial charge in [-0.05, 0) is 12.3 Å². The summed E-state index contributed by atoms with van der Waals surface area (Å²) >= 11 is 0. The fraction of sp³-hybridized carbons (Fsp3) is 0.750. The monoisotopic (exact) mass is 170 g/mol. The first kappa shape index (κ1) is 9.03. The molecule has 4 nitrogen and oxygen atoms in total. The van der Waals surface area contributed by atoms with Crippen LogP contribution in [0.2, 0.25) is 0 Å². The molecule has 0 spiro atoms. The quantitative estimate of drug-likeness (QED) is 0.620. The minimum absolute atomic E-state index is 0.0487. The van der Waals surface area contributed by atoms with E-state index in [1.54, 1.807) is 0 Å². The molecule has 12 heavy (non-hydrogen) atoms. The van der Waals surface area contributed by atoms with Crippen molar-refractivity contribution >= 4 is 11.8 Å². The molecule has 2 amide bonds. The zero-order chi connectivity index (χ0) is 9.14. The van der Waals surface area contributed by atoms with Gasteiger partial charge in [0.1, 0.15) is 0 Å². The Balaban J connectivity index is 2.45. The fourth-order valence-corrected chi connectivity index (χ4v) is 1.39. The summed E-state index contributed by atoms with van der Waals surface area (Å²) in [6.07, 6.45) is 1.52. The Kier molecular flexibility index (Phi) is 2.68. The second-order valence-corrected chi connectivity index (χ2v) is 3.38. The van der Waals surface area contributed by atoms with Crippen LogP contribution in [0.15, 0.2) is 0 Å². The lowest BCUT2D eigenvalue weighted by atomic mass is 9.99. The van der Waals surface area contributed by atoms with Gasteiger partial charge in [-0.25, -0.2) is 0 Å². The standard InChI is InChI=1S/C8H14N2O2/c1-6-2-3-10(5-7(9)11)8(12)4-6/h6H,2-5H2,1H3,(H2,9,11). The summed E-state index contributed by atoms with van der Waals surface area (Å²) in [6, 6.07) is 0. The van der Waals surface area contributed by atoms with Crippen LogP contribution < -0.4 is 5.73 Å². The second-order valence-electron chi connectivity index (χ2n) is 3.38. The lowest BCUT2D eigenvalue weighted by Crippen LogP contribution is -2.43. The molecule has 0 aromatic heterocycles. The summed E-state index contributed by atoms with van der Waals surface area (Å²) in [7, 11) is 0. The largest absolute Gasteiger partial charge is 0.368 e. The van der Waals surface area contributed by atoms with Gasteiger partial charge in [0, 0.05) is 13.0 Å². The van der Waals surface area contributed by atoms with Crippen LogP contribution in [0, 0.1) is 5.92 Å². The molecule has 0 aromatic carbocycles. The molecule has 0 aliphatic carbocycles. The minimum Gasteiger partial charge on any atom is -0.368 e. The number of likely N-dealkylation sites (tertiary alicyclic amines) is 1. The lowest BCUT2D eigenvalue weighted by Gasteiger charge is -2.28. The maximum atomic E-state index is 11.3. The molecule has 68 valence electrons. The van der Waals surface area contributed by atoms with E-state index >= 15 is 0 Å². The molecule has 1 aliphatic heterocycles. The molecule has 1 saturated heterocycles. The number of primary amides is 1. The van der Waals surface area contributed by atoms with Crippen molar-refractivity contribution in [2.24, 2.45) is 11.7 Å². The topological polar surface area (TPSA) is 63.4 Å². The van der Waals surface area contributed by atoms with E-state index in [1.165, 1.54) is 4.90 Å². The predicted octanol–water partition coefficient (Wildman–Crippen LogP) is -0.270. The van der Waals surface area contributed by atoms with Crippen molar-refractivity contribution in [2.75, 3.05) is 13.1 Å². The summed E-state index contributed by atoms with van der Waals surface area (Å²) in [5, 5.41) is 0. The Morgan fingerprint density at radius 3 is 2.92 bits per heavy atom. The number of nitrogens with zero attached hydrogens (tertiary/aromatic N) is 1. The molecule has 1 aliphatic rings. The third-order valence-electron chi connectivity index (χ3n) is 2.11. The highest BCUT2D eigenvalue weighted by molar-refractivity contribution is 5.84. The van der Waals surface area contributed by atoms with Crippen LogP contribution in [0.3, 0.4) is 0 Å². The number of rotatable bonds is 2. The molecule has 0 saturated carbocycles. The van der Waals surface area contributed by atoms with Crippen LogP contribution in [-0.4, -0.2) is 29.8 Å². The van der Waals surface area contributed by atoms with Crippen LogP contribution in [-0.2, 0) is 9.59 Å². The molecular formula is C8H14N2O2. The first-order chi connectivity index (χ1) is 5.59. The molecule has 1 atom stereocenters. The molecule has 1 fully saturated rings. The van der Waals surface area contributed by atoms with E-state index in [0.29, 0.717) is 18.9 Å². The third-order valence-corrected chi connectivity index (χ3v) is 2.11. The van der Waals surface area contributed by atoms with E-state index in [0.717, 1.165) is 6.42 Å². The minimum atomic E-state index is -0.432. The van der Waals surface area contributed by atoms with Crippen LogP contribution >= 0.6 is 0 Å². The lowest BCUT2D eigenvalue weighted by molar-refractivity contribution is -0.138. The molecule has 1 rings (SSSR count). The number of hydrogen-bond acceptors (Lipinski definition) is 2. The van der Waals surface area contributed by atoms with Crippen LogP contribution in [0.4, 0.5) is 0 Å². The molecule has 0 aromatic rings. The van der Waals surface area contributed by atoms with Gasteiger partial charge in [0.25, 0.3) is 0 Å². The average Bonchev–Trinajstić information content (AvgIpc) is 1.94. The van der Waals surface area contributed by atoms with E-state index in [2.05, 4.69) is 0 Å². The van der Waals surface area contributed by atoms with Gasteiger partial charge >= 0.3 is 0 Å². The van der Waals surface area contributed by atoms with Crippen molar-refractivity contribution < 1.29 is 9.59 Å². The number of carbonyl (C=O) groups excluding carboxylic acids is 2. The highest BCUT2D eigenvalue weighted by Gasteiger charge is 2.23. The Morgan fingerprint density at radius 2 is 2.42 bits per heavy atom. The van der Waals surface area contributed by atoms with E-state index in [1.807, 2.05) is 6.92 Å². The van der Waals surface area contributed by atoms with E-state index < -0.39 is 5.91 Å². The van der Waals surface area contributed by atoms with Crippen LogP contribution in [0.25, 0.3) is 0 Å². The highest BCUT2D eigenvalue weighted by Crippen LogP contribution is 2.16. The van der Waals surface area contributed by atoms with Gasteiger partial charge in [-0.3, -0.25) is 9.59 Å². The van der Waals surface area contributed by atoms with Crippen molar-refractivity contribution in [1.82, 2.24) is 4.90 Å². The normalized spacial score (nSPS) is 24.2. The Labute approximate surface area is 71.7 Å². The molecule has 2 N–H and O–H groups in total. The summed E-state index contributed by atoms with van der Waals surface area (Å²) in [5.41, 5.74) is 4.99. The first-order valence-corrected chi connectivity index (χ1v) is 4.15. The van der Waals surface area contributed by atoms with Gasteiger partial charge < -0.3 is 10.6 Å². The molecule has 0 radical (unpaired) electrons. The van der Waals surface area contributed by atoms with Crippen molar-refractivity contribution in [1.29, 1.82) is 0 Å². The number of hydrogen-bond donors (Lipinski definition) is 1. The highest BCUT2D eigenvalue weighted by atomic mass is 16.2. The van der Waals surface area contributed by atoms with Crippen molar-refractivity contribution in [3.63, 3.8) is 0 Å². The fourth-order valence-electron chi connectivity index (χ4n) is 1.39. The number of carbonyl (C=O) groups is 2. The van der Waals surface area contributed by atoms with Crippen molar-refractivity contribution in [3.05, 3.63) is 0 Å². The summed E-state index contributed by atoms with van der Waals surface area (Å²) in [4.78, 5) is 23.3. The molecule has 1 heterocycles. The second kappa shape index (κ2) is 3.56. The van der Waals surface area contributed by atoms with E-state index in [4.69, 9.17) is 5.73 Å². The number of nitrogens with two attached hydrogens (primary N) is 1. The molecule has 4 heteroatoms. The zero-order valence-electron chi connectivity index (χ0n) is 7.25.